The first kappa shape index (κ1) is 14.7. The lowest BCUT2D eigenvalue weighted by molar-refractivity contribution is 0.544. The van der Waals surface area contributed by atoms with Crippen molar-refractivity contribution < 1.29 is 4.42 Å². The molecule has 0 spiro atoms. The van der Waals surface area contributed by atoms with E-state index in [1.807, 2.05) is 43.3 Å². The van der Waals surface area contributed by atoms with Crippen LogP contribution in [0, 0.1) is 6.92 Å². The predicted octanol–water partition coefficient (Wildman–Crippen LogP) is 5.01. The van der Waals surface area contributed by atoms with E-state index in [0.29, 0.717) is 17.4 Å². The van der Waals surface area contributed by atoms with Crippen molar-refractivity contribution in [3.05, 3.63) is 64.7 Å². The molecular weight excluding hydrogens is 318 g/mol. The summed E-state index contributed by atoms with van der Waals surface area (Å²) < 4.78 is 5.60. The largest absolute Gasteiger partial charge is 0.458 e. The smallest absolute Gasteiger partial charge is 0.199 e. The number of nitrogen functional groups attached to an aromatic ring is 1. The van der Waals surface area contributed by atoms with E-state index in [0.717, 1.165) is 26.4 Å². The number of fused-ring (bicyclic) bond motifs is 1. The number of nitrogens with zero attached hydrogens (tertiary/aromatic N) is 2. The van der Waals surface area contributed by atoms with E-state index in [9.17, 15) is 0 Å². The van der Waals surface area contributed by atoms with E-state index >= 15 is 0 Å². The molecule has 0 amide bonds. The fourth-order valence-corrected chi connectivity index (χ4v) is 3.39. The van der Waals surface area contributed by atoms with Gasteiger partial charge in [0.1, 0.15) is 16.4 Å². The first-order valence-corrected chi connectivity index (χ1v) is 8.38. The molecule has 0 unspecified atom stereocenters. The second kappa shape index (κ2) is 5.94. The second-order valence-electron chi connectivity index (χ2n) is 5.45. The van der Waals surface area contributed by atoms with Crippen LogP contribution >= 0.6 is 11.3 Å². The summed E-state index contributed by atoms with van der Waals surface area (Å²) in [5, 5.41) is 0.875. The van der Waals surface area contributed by atoms with Crippen molar-refractivity contribution in [1.29, 1.82) is 0 Å². The third-order valence-corrected chi connectivity index (χ3v) is 4.64. The highest BCUT2D eigenvalue weighted by Gasteiger charge is 2.12. The fourth-order valence-electron chi connectivity index (χ4n) is 2.45. The summed E-state index contributed by atoms with van der Waals surface area (Å²) in [7, 11) is 0. The van der Waals surface area contributed by atoms with Gasteiger partial charge in [0.05, 0.1) is 5.39 Å². The Kier molecular flexibility index (Phi) is 3.63. The number of nitrogens with two attached hydrogens (primary N) is 1. The average Bonchev–Trinajstić information content (AvgIpc) is 3.20. The summed E-state index contributed by atoms with van der Waals surface area (Å²) in [6, 6.07) is 15.9. The molecule has 0 atom stereocenters. The summed E-state index contributed by atoms with van der Waals surface area (Å²) in [6.45, 7) is 1.89. The summed E-state index contributed by atoms with van der Waals surface area (Å²) in [5.74, 6) is 2.45. The molecule has 0 aliphatic carbocycles. The topological polar surface area (TPSA) is 64.9 Å². The van der Waals surface area contributed by atoms with Crippen molar-refractivity contribution in [3.8, 4) is 11.6 Å². The molecule has 5 heteroatoms. The average molecular weight is 333 g/mol. The van der Waals surface area contributed by atoms with Crippen LogP contribution in [-0.4, -0.2) is 9.97 Å². The summed E-state index contributed by atoms with van der Waals surface area (Å²) in [4.78, 5) is 10.9. The SMILES string of the molecule is Cc1ccc(-c2nc(N)c3cc(C=Cc4ccccc4)sc3n2)o1. The van der Waals surface area contributed by atoms with Gasteiger partial charge >= 0.3 is 0 Å². The Morgan fingerprint density at radius 3 is 2.62 bits per heavy atom. The van der Waals surface area contributed by atoms with E-state index in [2.05, 4.69) is 34.3 Å². The van der Waals surface area contributed by atoms with Gasteiger partial charge < -0.3 is 10.2 Å². The fraction of sp³-hybridized carbons (Fsp3) is 0.0526. The van der Waals surface area contributed by atoms with Crippen molar-refractivity contribution in [2.45, 2.75) is 6.92 Å². The highest BCUT2D eigenvalue weighted by atomic mass is 32.1. The molecule has 0 aliphatic heterocycles. The standard InChI is InChI=1S/C19H15N3OS/c1-12-7-10-16(23-12)18-21-17(20)15-11-14(24-19(15)22-18)9-8-13-5-3-2-4-6-13/h2-11H,1H3,(H2,20,21,22). The number of anilines is 1. The minimum Gasteiger partial charge on any atom is -0.458 e. The van der Waals surface area contributed by atoms with Crippen LogP contribution in [0.3, 0.4) is 0 Å². The lowest BCUT2D eigenvalue weighted by atomic mass is 10.2. The Bertz CT molecular complexity index is 1030. The van der Waals surface area contributed by atoms with Crippen molar-refractivity contribution in [3.63, 3.8) is 0 Å². The Morgan fingerprint density at radius 2 is 1.88 bits per heavy atom. The van der Waals surface area contributed by atoms with Gasteiger partial charge in [0, 0.05) is 4.88 Å². The molecule has 0 saturated heterocycles. The van der Waals surface area contributed by atoms with Crippen LogP contribution in [0.25, 0.3) is 34.0 Å². The van der Waals surface area contributed by atoms with Gasteiger partial charge in [0.25, 0.3) is 0 Å². The number of aryl methyl sites for hydroxylation is 1. The van der Waals surface area contributed by atoms with Gasteiger partial charge in [0.15, 0.2) is 11.6 Å². The number of rotatable bonds is 3. The maximum Gasteiger partial charge on any atom is 0.199 e. The van der Waals surface area contributed by atoms with Gasteiger partial charge in [-0.2, -0.15) is 0 Å². The van der Waals surface area contributed by atoms with Crippen molar-refractivity contribution in [2.24, 2.45) is 0 Å². The zero-order chi connectivity index (χ0) is 16.5. The first-order chi connectivity index (χ1) is 11.7. The van der Waals surface area contributed by atoms with Crippen molar-refractivity contribution >= 4 is 39.5 Å². The molecule has 0 aliphatic rings. The zero-order valence-electron chi connectivity index (χ0n) is 13.1. The van der Waals surface area contributed by atoms with Gasteiger partial charge in [0.2, 0.25) is 0 Å². The number of furan rings is 1. The Balaban J connectivity index is 1.72. The molecule has 2 N–H and O–H groups in total. The number of hydrogen-bond acceptors (Lipinski definition) is 5. The summed E-state index contributed by atoms with van der Waals surface area (Å²) >= 11 is 1.59. The highest BCUT2D eigenvalue weighted by Crippen LogP contribution is 2.31. The number of hydrogen-bond donors (Lipinski definition) is 1. The molecule has 24 heavy (non-hydrogen) atoms. The van der Waals surface area contributed by atoms with Crippen LogP contribution in [0.1, 0.15) is 16.2 Å². The van der Waals surface area contributed by atoms with Crippen LogP contribution in [0.4, 0.5) is 5.82 Å². The molecule has 3 aromatic heterocycles. The minimum atomic E-state index is 0.472. The highest BCUT2D eigenvalue weighted by molar-refractivity contribution is 7.19. The van der Waals surface area contributed by atoms with Crippen molar-refractivity contribution in [1.82, 2.24) is 9.97 Å². The molecular formula is C19H15N3OS. The molecule has 0 radical (unpaired) electrons. The van der Waals surface area contributed by atoms with Crippen LogP contribution in [-0.2, 0) is 0 Å². The van der Waals surface area contributed by atoms with Gasteiger partial charge in [-0.05, 0) is 36.8 Å². The molecule has 4 nitrogen and oxygen atoms in total. The summed E-state index contributed by atoms with van der Waals surface area (Å²) in [5.41, 5.74) is 7.27. The van der Waals surface area contributed by atoms with Gasteiger partial charge in [-0.15, -0.1) is 11.3 Å². The lowest BCUT2D eigenvalue weighted by Crippen LogP contribution is -1.95. The van der Waals surface area contributed by atoms with Crippen LogP contribution in [0.5, 0.6) is 0 Å². The zero-order valence-corrected chi connectivity index (χ0v) is 13.9. The Morgan fingerprint density at radius 1 is 1.04 bits per heavy atom. The number of thiophene rings is 1. The molecule has 0 fully saturated rings. The number of aromatic nitrogens is 2. The van der Waals surface area contributed by atoms with Gasteiger partial charge in [-0.3, -0.25) is 0 Å². The maximum absolute atomic E-state index is 6.11. The molecule has 4 aromatic rings. The monoisotopic (exact) mass is 333 g/mol. The predicted molar refractivity (Wildman–Crippen MR) is 99.6 cm³/mol. The molecule has 0 bridgehead atoms. The number of benzene rings is 1. The molecule has 1 aromatic carbocycles. The Hall–Kier alpha value is -2.92. The quantitative estimate of drug-likeness (QED) is 0.572. The van der Waals surface area contributed by atoms with Gasteiger partial charge in [-0.1, -0.05) is 36.4 Å². The van der Waals surface area contributed by atoms with E-state index < -0.39 is 0 Å². The van der Waals surface area contributed by atoms with E-state index in [1.54, 1.807) is 11.3 Å². The molecule has 0 saturated carbocycles. The third kappa shape index (κ3) is 2.81. The molecule has 3 heterocycles. The second-order valence-corrected chi connectivity index (χ2v) is 6.52. The normalized spacial score (nSPS) is 11.5. The van der Waals surface area contributed by atoms with Crippen LogP contribution < -0.4 is 5.73 Å². The third-order valence-electron chi connectivity index (χ3n) is 3.64. The minimum absolute atomic E-state index is 0.472. The Labute approximate surface area is 143 Å². The first-order valence-electron chi connectivity index (χ1n) is 7.56. The summed E-state index contributed by atoms with van der Waals surface area (Å²) in [6.07, 6.45) is 4.14. The maximum atomic E-state index is 6.11. The van der Waals surface area contributed by atoms with Crippen LogP contribution in [0.2, 0.25) is 0 Å². The molecule has 118 valence electrons. The van der Waals surface area contributed by atoms with E-state index in [4.69, 9.17) is 10.2 Å². The molecule has 4 rings (SSSR count). The van der Waals surface area contributed by atoms with Crippen molar-refractivity contribution in [2.75, 3.05) is 5.73 Å². The van der Waals surface area contributed by atoms with Crippen LogP contribution in [0.15, 0.2) is 52.9 Å². The van der Waals surface area contributed by atoms with E-state index in [1.165, 1.54) is 0 Å². The van der Waals surface area contributed by atoms with E-state index in [-0.39, 0.29) is 0 Å². The lowest BCUT2D eigenvalue weighted by Gasteiger charge is -1.99. The van der Waals surface area contributed by atoms with Gasteiger partial charge in [-0.25, -0.2) is 9.97 Å².